The van der Waals surface area contributed by atoms with E-state index in [1.165, 1.54) is 12.1 Å². The van der Waals surface area contributed by atoms with E-state index in [2.05, 4.69) is 28.0 Å². The van der Waals surface area contributed by atoms with Crippen molar-refractivity contribution >= 4 is 34.2 Å². The average Bonchev–Trinajstić information content (AvgIpc) is 2.38. The van der Waals surface area contributed by atoms with Crippen molar-refractivity contribution in [2.75, 3.05) is 0 Å². The second-order valence-electron chi connectivity index (χ2n) is 4.37. The van der Waals surface area contributed by atoms with Gasteiger partial charge in [0, 0.05) is 14.7 Å². The van der Waals surface area contributed by atoms with Gasteiger partial charge in [-0.3, -0.25) is 11.3 Å². The van der Waals surface area contributed by atoms with Crippen molar-refractivity contribution in [2.45, 2.75) is 12.5 Å². The summed E-state index contributed by atoms with van der Waals surface area (Å²) in [6.07, 6.45) is 0.363. The van der Waals surface area contributed by atoms with Crippen LogP contribution >= 0.6 is 34.2 Å². The van der Waals surface area contributed by atoms with Gasteiger partial charge < -0.3 is 0 Å². The molecule has 0 fully saturated rings. The Bertz CT molecular complexity index is 602. The number of hydrogen-bond donors (Lipinski definition) is 2. The third-order valence-corrected chi connectivity index (χ3v) is 4.11. The number of halogens is 4. The molecule has 6 heteroatoms. The van der Waals surface area contributed by atoms with Gasteiger partial charge in [0.2, 0.25) is 0 Å². The second-order valence-corrected chi connectivity index (χ2v) is 5.97. The zero-order valence-electron chi connectivity index (χ0n) is 10.3. The molecule has 2 aromatic rings. The molecule has 2 aromatic carbocycles. The number of benzene rings is 2. The first-order valence-corrected chi connectivity index (χ1v) is 7.31. The van der Waals surface area contributed by atoms with Crippen molar-refractivity contribution in [1.82, 2.24) is 5.43 Å². The Labute approximate surface area is 134 Å². The normalized spacial score (nSPS) is 12.4. The van der Waals surface area contributed by atoms with Gasteiger partial charge in [-0.25, -0.2) is 8.78 Å². The maximum absolute atomic E-state index is 13.2. The monoisotopic (exact) mass is 408 g/mol. The van der Waals surface area contributed by atoms with Crippen molar-refractivity contribution in [3.63, 3.8) is 0 Å². The van der Waals surface area contributed by atoms with Gasteiger partial charge in [-0.05, 0) is 70.5 Å². The van der Waals surface area contributed by atoms with E-state index >= 15 is 0 Å². The van der Waals surface area contributed by atoms with E-state index in [0.29, 0.717) is 17.0 Å². The molecule has 1 atom stereocenters. The SMILES string of the molecule is NNC(Cc1cc(F)cc(F)c1)c1cc(Cl)ccc1I. The van der Waals surface area contributed by atoms with E-state index in [9.17, 15) is 8.78 Å². The first-order valence-electron chi connectivity index (χ1n) is 5.85. The Morgan fingerprint density at radius 3 is 2.40 bits per heavy atom. The molecule has 2 rings (SSSR count). The van der Waals surface area contributed by atoms with Gasteiger partial charge in [0.05, 0.1) is 6.04 Å². The number of rotatable bonds is 4. The van der Waals surface area contributed by atoms with Gasteiger partial charge >= 0.3 is 0 Å². The Balaban J connectivity index is 2.31. The molecule has 0 aliphatic heterocycles. The highest BCUT2D eigenvalue weighted by molar-refractivity contribution is 14.1. The molecule has 0 spiro atoms. The summed E-state index contributed by atoms with van der Waals surface area (Å²) in [4.78, 5) is 0. The molecule has 3 N–H and O–H groups in total. The fourth-order valence-electron chi connectivity index (χ4n) is 2.00. The number of hydrogen-bond acceptors (Lipinski definition) is 2. The minimum Gasteiger partial charge on any atom is -0.271 e. The van der Waals surface area contributed by atoms with Crippen molar-refractivity contribution in [2.24, 2.45) is 5.84 Å². The van der Waals surface area contributed by atoms with Crippen LogP contribution in [-0.4, -0.2) is 0 Å². The fraction of sp³-hybridized carbons (Fsp3) is 0.143. The largest absolute Gasteiger partial charge is 0.271 e. The highest BCUT2D eigenvalue weighted by atomic mass is 127. The first kappa shape index (κ1) is 15.6. The summed E-state index contributed by atoms with van der Waals surface area (Å²) in [7, 11) is 0. The van der Waals surface area contributed by atoms with Crippen LogP contribution in [0.1, 0.15) is 17.2 Å². The molecule has 0 amide bonds. The van der Waals surface area contributed by atoms with Crippen LogP contribution < -0.4 is 11.3 Å². The standard InChI is InChI=1S/C14H12ClF2IN2/c15-9-1-2-13(18)12(6-9)14(20-19)5-8-3-10(16)7-11(17)4-8/h1-4,6-7,14,20H,5,19H2. The van der Waals surface area contributed by atoms with Gasteiger partial charge in [0.15, 0.2) is 0 Å². The Kier molecular flexibility index (Phi) is 5.31. The second kappa shape index (κ2) is 6.80. The molecule has 0 radical (unpaired) electrons. The lowest BCUT2D eigenvalue weighted by Crippen LogP contribution is -2.30. The Morgan fingerprint density at radius 1 is 1.15 bits per heavy atom. The molecule has 0 bridgehead atoms. The third-order valence-electron chi connectivity index (χ3n) is 2.90. The summed E-state index contributed by atoms with van der Waals surface area (Å²) in [6, 6.07) is 8.61. The molecule has 0 aliphatic rings. The number of nitrogens with two attached hydrogens (primary N) is 1. The lowest BCUT2D eigenvalue weighted by molar-refractivity contribution is 0.538. The smallest absolute Gasteiger partial charge is 0.126 e. The molecule has 0 aliphatic carbocycles. The molecule has 1 unspecified atom stereocenters. The van der Waals surface area contributed by atoms with Crippen LogP contribution in [0.4, 0.5) is 8.78 Å². The lowest BCUT2D eigenvalue weighted by atomic mass is 9.99. The van der Waals surface area contributed by atoms with Crippen LogP contribution in [0.15, 0.2) is 36.4 Å². The summed E-state index contributed by atoms with van der Waals surface area (Å²) in [5.41, 5.74) is 4.09. The highest BCUT2D eigenvalue weighted by Gasteiger charge is 2.15. The summed E-state index contributed by atoms with van der Waals surface area (Å²) < 4.78 is 27.4. The summed E-state index contributed by atoms with van der Waals surface area (Å²) in [6.45, 7) is 0. The van der Waals surface area contributed by atoms with Crippen LogP contribution in [0.2, 0.25) is 5.02 Å². The highest BCUT2D eigenvalue weighted by Crippen LogP contribution is 2.26. The minimum absolute atomic E-state index is 0.276. The zero-order chi connectivity index (χ0) is 14.7. The fourth-order valence-corrected chi connectivity index (χ4v) is 2.90. The minimum atomic E-state index is -0.600. The maximum atomic E-state index is 13.2. The maximum Gasteiger partial charge on any atom is 0.126 e. The van der Waals surface area contributed by atoms with Crippen LogP contribution in [-0.2, 0) is 6.42 Å². The Hall–Kier alpha value is -0.760. The van der Waals surface area contributed by atoms with Crippen LogP contribution in [0.3, 0.4) is 0 Å². The average molecular weight is 409 g/mol. The van der Waals surface area contributed by atoms with E-state index in [4.69, 9.17) is 17.4 Å². The molecule has 106 valence electrons. The van der Waals surface area contributed by atoms with E-state index in [-0.39, 0.29) is 6.04 Å². The molecule has 0 saturated carbocycles. The van der Waals surface area contributed by atoms with E-state index in [1.54, 1.807) is 12.1 Å². The van der Waals surface area contributed by atoms with Gasteiger partial charge in [-0.1, -0.05) is 11.6 Å². The predicted molar refractivity (Wildman–Crippen MR) is 84.3 cm³/mol. The van der Waals surface area contributed by atoms with Gasteiger partial charge in [-0.2, -0.15) is 0 Å². The quantitative estimate of drug-likeness (QED) is 0.456. The van der Waals surface area contributed by atoms with Crippen molar-refractivity contribution in [3.05, 3.63) is 67.8 Å². The predicted octanol–water partition coefficient (Wildman–Crippen LogP) is 3.97. The van der Waals surface area contributed by atoms with Crippen LogP contribution in [0, 0.1) is 15.2 Å². The van der Waals surface area contributed by atoms with E-state index in [0.717, 1.165) is 15.2 Å². The van der Waals surface area contributed by atoms with Gasteiger partial charge in [0.1, 0.15) is 11.6 Å². The number of nitrogens with one attached hydrogen (secondary N) is 1. The van der Waals surface area contributed by atoms with E-state index < -0.39 is 11.6 Å². The topological polar surface area (TPSA) is 38.0 Å². The zero-order valence-corrected chi connectivity index (χ0v) is 13.3. The van der Waals surface area contributed by atoms with E-state index in [1.807, 2.05) is 6.07 Å². The van der Waals surface area contributed by atoms with Crippen molar-refractivity contribution in [3.8, 4) is 0 Å². The summed E-state index contributed by atoms with van der Waals surface area (Å²) in [5.74, 6) is 4.36. The van der Waals surface area contributed by atoms with Crippen molar-refractivity contribution in [1.29, 1.82) is 0 Å². The van der Waals surface area contributed by atoms with Crippen LogP contribution in [0.25, 0.3) is 0 Å². The molecule has 20 heavy (non-hydrogen) atoms. The summed E-state index contributed by atoms with van der Waals surface area (Å²) in [5, 5.41) is 0.589. The molecule has 2 nitrogen and oxygen atoms in total. The van der Waals surface area contributed by atoms with Crippen molar-refractivity contribution < 1.29 is 8.78 Å². The Morgan fingerprint density at radius 2 is 1.80 bits per heavy atom. The van der Waals surface area contributed by atoms with Gasteiger partial charge in [-0.15, -0.1) is 0 Å². The van der Waals surface area contributed by atoms with Gasteiger partial charge in [0.25, 0.3) is 0 Å². The lowest BCUT2D eigenvalue weighted by Gasteiger charge is -2.18. The molecular formula is C14H12ClF2IN2. The first-order chi connectivity index (χ1) is 9.49. The number of hydrazine groups is 1. The van der Waals surface area contributed by atoms with Crippen LogP contribution in [0.5, 0.6) is 0 Å². The molecule has 0 aromatic heterocycles. The third kappa shape index (κ3) is 3.88. The molecule has 0 saturated heterocycles. The molecular weight excluding hydrogens is 397 g/mol. The molecule has 0 heterocycles. The summed E-state index contributed by atoms with van der Waals surface area (Å²) >= 11 is 8.15.